The van der Waals surface area contributed by atoms with Crippen molar-refractivity contribution in [2.45, 2.75) is 19.8 Å². The molecule has 0 radical (unpaired) electrons. The van der Waals surface area contributed by atoms with E-state index in [-0.39, 0.29) is 0 Å². The van der Waals surface area contributed by atoms with Crippen LogP contribution in [0.3, 0.4) is 0 Å². The third-order valence-electron chi connectivity index (χ3n) is 6.26. The number of esters is 2. The quantitative estimate of drug-likeness (QED) is 0.468. The van der Waals surface area contributed by atoms with Crippen LogP contribution in [0.4, 0.5) is 5.69 Å². The highest BCUT2D eigenvalue weighted by Crippen LogP contribution is 2.43. The average Bonchev–Trinajstić information content (AvgIpc) is 3.37. The Hall–Kier alpha value is -3.91. The van der Waals surface area contributed by atoms with E-state index in [1.807, 2.05) is 48.6 Å². The van der Waals surface area contributed by atoms with Crippen LogP contribution < -0.4 is 10.2 Å². The van der Waals surface area contributed by atoms with E-state index in [9.17, 15) is 9.59 Å². The first kappa shape index (κ1) is 25.2. The number of thiazole rings is 1. The smallest absolute Gasteiger partial charge is 0.336 e. The lowest BCUT2D eigenvalue weighted by Gasteiger charge is -2.31. The topological polar surface area (TPSA) is 80.8 Å². The number of anilines is 1. The van der Waals surface area contributed by atoms with Crippen LogP contribution in [-0.2, 0) is 19.1 Å². The molecule has 3 aromatic rings. The largest absolute Gasteiger partial charge is 0.466 e. The second-order valence-electron chi connectivity index (χ2n) is 8.68. The van der Waals surface area contributed by atoms with Crippen LogP contribution in [0.15, 0.2) is 76.5 Å². The van der Waals surface area contributed by atoms with Crippen LogP contribution in [0.5, 0.6) is 0 Å². The Morgan fingerprint density at radius 1 is 0.917 bits per heavy atom. The van der Waals surface area contributed by atoms with Crippen molar-refractivity contribution in [3.8, 4) is 21.8 Å². The molecular weight excluding hydrogens is 474 g/mol. The van der Waals surface area contributed by atoms with Gasteiger partial charge in [0.1, 0.15) is 5.01 Å². The van der Waals surface area contributed by atoms with Crippen molar-refractivity contribution >= 4 is 29.0 Å². The van der Waals surface area contributed by atoms with Gasteiger partial charge in [0.25, 0.3) is 0 Å². The third-order valence-corrected chi connectivity index (χ3v) is 7.13. The standard InChI is InChI=1S/C28H29N3O4S/c1-16-23(27(32)34-5)25(24(17(2)29-16)28(33)35-6)20-9-7-8-10-21(20)26-30-22(15-36-26)18-11-13-19(14-12-18)31(3)4/h7-15,25,29H,1-6H3. The highest BCUT2D eigenvalue weighted by Gasteiger charge is 2.38. The number of aromatic nitrogens is 1. The van der Waals surface area contributed by atoms with Crippen molar-refractivity contribution in [1.29, 1.82) is 0 Å². The Balaban J connectivity index is 1.84. The second kappa shape index (κ2) is 10.4. The molecule has 1 N–H and O–H groups in total. The minimum atomic E-state index is -0.672. The van der Waals surface area contributed by atoms with E-state index in [4.69, 9.17) is 14.5 Å². The number of hydrogen-bond acceptors (Lipinski definition) is 8. The summed E-state index contributed by atoms with van der Waals surface area (Å²) >= 11 is 1.52. The number of benzene rings is 2. The maximum atomic E-state index is 12.9. The van der Waals surface area contributed by atoms with Gasteiger partial charge in [0.15, 0.2) is 0 Å². The van der Waals surface area contributed by atoms with E-state index in [0.717, 1.165) is 33.1 Å². The molecule has 1 aliphatic rings. The molecule has 1 aliphatic heterocycles. The highest BCUT2D eigenvalue weighted by molar-refractivity contribution is 7.13. The maximum absolute atomic E-state index is 12.9. The van der Waals surface area contributed by atoms with Crippen molar-refractivity contribution < 1.29 is 19.1 Å². The second-order valence-corrected chi connectivity index (χ2v) is 9.54. The first-order chi connectivity index (χ1) is 17.3. The predicted molar refractivity (Wildman–Crippen MR) is 143 cm³/mol. The van der Waals surface area contributed by atoms with Gasteiger partial charge in [-0.2, -0.15) is 0 Å². The fraction of sp³-hybridized carbons (Fsp3) is 0.250. The zero-order chi connectivity index (χ0) is 26.0. The number of hydrogen-bond donors (Lipinski definition) is 1. The SMILES string of the molecule is COC(=O)C1=C(C)NC(C)=C(C(=O)OC)C1c1ccccc1-c1nc(-c2ccc(N(C)C)cc2)cs1. The van der Waals surface area contributed by atoms with Gasteiger partial charge < -0.3 is 19.7 Å². The summed E-state index contributed by atoms with van der Waals surface area (Å²) < 4.78 is 10.2. The average molecular weight is 504 g/mol. The van der Waals surface area contributed by atoms with E-state index in [1.165, 1.54) is 25.6 Å². The molecule has 4 rings (SSSR count). The molecule has 0 saturated carbocycles. The molecular formula is C28H29N3O4S. The van der Waals surface area contributed by atoms with Crippen LogP contribution >= 0.6 is 11.3 Å². The van der Waals surface area contributed by atoms with Crippen LogP contribution in [0.1, 0.15) is 25.3 Å². The number of methoxy groups -OCH3 is 2. The molecule has 186 valence electrons. The Bertz CT molecular complexity index is 1330. The van der Waals surface area contributed by atoms with Crippen LogP contribution in [0.25, 0.3) is 21.8 Å². The number of rotatable bonds is 6. The molecule has 0 bridgehead atoms. The minimum Gasteiger partial charge on any atom is -0.466 e. The van der Waals surface area contributed by atoms with E-state index < -0.39 is 17.9 Å². The van der Waals surface area contributed by atoms with Crippen LogP contribution in [0, 0.1) is 0 Å². The summed E-state index contributed by atoms with van der Waals surface area (Å²) in [5.74, 6) is -1.68. The molecule has 0 amide bonds. The molecule has 1 aromatic heterocycles. The van der Waals surface area contributed by atoms with Gasteiger partial charge in [0.05, 0.1) is 37.0 Å². The Morgan fingerprint density at radius 2 is 1.50 bits per heavy atom. The molecule has 0 aliphatic carbocycles. The molecule has 36 heavy (non-hydrogen) atoms. The number of nitrogens with one attached hydrogen (secondary N) is 1. The van der Waals surface area contributed by atoms with Gasteiger partial charge in [-0.3, -0.25) is 0 Å². The number of carbonyl (C=O) groups is 2. The number of dihydropyridines is 1. The summed E-state index contributed by atoms with van der Waals surface area (Å²) in [6.07, 6.45) is 0. The first-order valence-electron chi connectivity index (χ1n) is 11.4. The summed E-state index contributed by atoms with van der Waals surface area (Å²) in [5, 5.41) is 5.96. The minimum absolute atomic E-state index is 0.368. The van der Waals surface area contributed by atoms with E-state index in [2.05, 4.69) is 29.6 Å². The van der Waals surface area contributed by atoms with Crippen molar-refractivity contribution in [2.75, 3.05) is 33.2 Å². The van der Waals surface area contributed by atoms with Crippen molar-refractivity contribution in [3.63, 3.8) is 0 Å². The molecule has 8 heteroatoms. The molecule has 0 fully saturated rings. The molecule has 0 spiro atoms. The third kappa shape index (κ3) is 4.64. The van der Waals surface area contributed by atoms with Gasteiger partial charge in [0.2, 0.25) is 0 Å². The summed E-state index contributed by atoms with van der Waals surface area (Å²) in [4.78, 5) is 32.8. The zero-order valence-electron chi connectivity index (χ0n) is 21.2. The Morgan fingerprint density at radius 3 is 2.06 bits per heavy atom. The molecule has 2 aromatic carbocycles. The van der Waals surface area contributed by atoms with E-state index in [0.29, 0.717) is 22.5 Å². The first-order valence-corrected chi connectivity index (χ1v) is 12.3. The predicted octanol–water partition coefficient (Wildman–Crippen LogP) is 5.12. The van der Waals surface area contributed by atoms with Crippen molar-refractivity contribution in [1.82, 2.24) is 10.3 Å². The van der Waals surface area contributed by atoms with Gasteiger partial charge in [-0.15, -0.1) is 11.3 Å². The van der Waals surface area contributed by atoms with Gasteiger partial charge in [-0.25, -0.2) is 14.6 Å². The molecule has 2 heterocycles. The van der Waals surface area contributed by atoms with Gasteiger partial charge >= 0.3 is 11.9 Å². The van der Waals surface area contributed by atoms with Crippen LogP contribution in [0.2, 0.25) is 0 Å². The number of carbonyl (C=O) groups excluding carboxylic acids is 2. The lowest BCUT2D eigenvalue weighted by atomic mass is 9.78. The number of ether oxygens (including phenoxy) is 2. The maximum Gasteiger partial charge on any atom is 0.336 e. The van der Waals surface area contributed by atoms with Gasteiger partial charge in [0, 0.05) is 47.7 Å². The van der Waals surface area contributed by atoms with Gasteiger partial charge in [-0.05, 0) is 31.5 Å². The molecule has 0 saturated heterocycles. The van der Waals surface area contributed by atoms with E-state index in [1.54, 1.807) is 13.8 Å². The lowest BCUT2D eigenvalue weighted by Crippen LogP contribution is -2.32. The molecule has 0 atom stereocenters. The fourth-order valence-corrected chi connectivity index (χ4v) is 5.35. The van der Waals surface area contributed by atoms with Crippen molar-refractivity contribution in [3.05, 3.63) is 82.0 Å². The Kier molecular flexibility index (Phi) is 7.26. The van der Waals surface area contributed by atoms with Crippen LogP contribution in [-0.4, -0.2) is 45.2 Å². The number of allylic oxidation sites excluding steroid dienone is 2. The van der Waals surface area contributed by atoms with E-state index >= 15 is 0 Å². The van der Waals surface area contributed by atoms with Gasteiger partial charge in [-0.1, -0.05) is 36.4 Å². The molecule has 7 nitrogen and oxygen atoms in total. The summed E-state index contributed by atoms with van der Waals surface area (Å²) in [5.41, 5.74) is 6.61. The lowest BCUT2D eigenvalue weighted by molar-refractivity contribution is -0.137. The fourth-order valence-electron chi connectivity index (χ4n) is 4.47. The normalized spacial score (nSPS) is 13.9. The molecule has 0 unspecified atom stereocenters. The summed E-state index contributed by atoms with van der Waals surface area (Å²) in [6.45, 7) is 3.61. The highest BCUT2D eigenvalue weighted by atomic mass is 32.1. The van der Waals surface area contributed by atoms with Crippen molar-refractivity contribution in [2.24, 2.45) is 0 Å². The Labute approximate surface area is 215 Å². The summed E-state index contributed by atoms with van der Waals surface area (Å²) in [7, 11) is 6.68. The number of nitrogens with zero attached hydrogens (tertiary/aromatic N) is 2. The monoisotopic (exact) mass is 503 g/mol. The summed E-state index contributed by atoms with van der Waals surface area (Å²) in [6, 6.07) is 15.9. The zero-order valence-corrected chi connectivity index (χ0v) is 22.0.